The fourth-order valence-corrected chi connectivity index (χ4v) is 1.35. The predicted molar refractivity (Wildman–Crippen MR) is 64.8 cm³/mol. The highest BCUT2D eigenvalue weighted by molar-refractivity contribution is 6.33. The molecule has 0 bridgehead atoms. The van der Waals surface area contributed by atoms with Crippen LogP contribution in [0.1, 0.15) is 17.3 Å². The minimum atomic E-state index is -0.670. The number of esters is 1. The number of para-hydroxylation sites is 1. The SMILES string of the molecule is CCNC(=O)COC(=O)c1cccc(Cl)c1N. The Labute approximate surface area is 104 Å². The number of amides is 1. The molecule has 0 unspecified atom stereocenters. The lowest BCUT2D eigenvalue weighted by Crippen LogP contribution is -2.28. The summed E-state index contributed by atoms with van der Waals surface area (Å²) in [7, 11) is 0. The zero-order valence-corrected chi connectivity index (χ0v) is 10.1. The van der Waals surface area contributed by atoms with E-state index in [1.165, 1.54) is 6.07 Å². The van der Waals surface area contributed by atoms with Gasteiger partial charge in [0.25, 0.3) is 5.91 Å². The van der Waals surface area contributed by atoms with E-state index in [1.807, 2.05) is 0 Å². The van der Waals surface area contributed by atoms with Gasteiger partial charge < -0.3 is 15.8 Å². The van der Waals surface area contributed by atoms with Crippen LogP contribution >= 0.6 is 11.6 Å². The fraction of sp³-hybridized carbons (Fsp3) is 0.273. The zero-order valence-electron chi connectivity index (χ0n) is 9.33. The highest BCUT2D eigenvalue weighted by Gasteiger charge is 2.14. The summed E-state index contributed by atoms with van der Waals surface area (Å²) in [5, 5.41) is 2.78. The van der Waals surface area contributed by atoms with E-state index in [2.05, 4.69) is 5.32 Å². The smallest absolute Gasteiger partial charge is 0.340 e. The first kappa shape index (κ1) is 13.3. The quantitative estimate of drug-likeness (QED) is 0.627. The molecular formula is C11H13ClN2O3. The molecule has 0 aliphatic carbocycles. The zero-order chi connectivity index (χ0) is 12.8. The molecule has 0 spiro atoms. The third kappa shape index (κ3) is 3.64. The van der Waals surface area contributed by atoms with Crippen molar-refractivity contribution in [1.29, 1.82) is 0 Å². The van der Waals surface area contributed by atoms with Crippen LogP contribution in [0.15, 0.2) is 18.2 Å². The molecule has 0 fully saturated rings. The van der Waals surface area contributed by atoms with E-state index in [0.29, 0.717) is 6.54 Å². The second kappa shape index (κ2) is 6.10. The Morgan fingerprint density at radius 2 is 2.18 bits per heavy atom. The van der Waals surface area contributed by atoms with Crippen molar-refractivity contribution in [3.8, 4) is 0 Å². The van der Waals surface area contributed by atoms with Gasteiger partial charge in [-0.2, -0.15) is 0 Å². The topological polar surface area (TPSA) is 81.4 Å². The molecule has 0 saturated heterocycles. The summed E-state index contributed by atoms with van der Waals surface area (Å²) in [5.41, 5.74) is 5.92. The lowest BCUT2D eigenvalue weighted by atomic mass is 10.2. The van der Waals surface area contributed by atoms with Crippen molar-refractivity contribution in [3.05, 3.63) is 28.8 Å². The Morgan fingerprint density at radius 1 is 1.47 bits per heavy atom. The minimum absolute atomic E-state index is 0.148. The van der Waals surface area contributed by atoms with Crippen molar-refractivity contribution in [2.24, 2.45) is 0 Å². The molecule has 0 aliphatic rings. The normalized spacial score (nSPS) is 9.76. The molecule has 0 aromatic heterocycles. The van der Waals surface area contributed by atoms with Gasteiger partial charge in [0.2, 0.25) is 0 Å². The second-order valence-electron chi connectivity index (χ2n) is 3.23. The van der Waals surface area contributed by atoms with E-state index >= 15 is 0 Å². The molecule has 3 N–H and O–H groups in total. The largest absolute Gasteiger partial charge is 0.452 e. The number of anilines is 1. The van der Waals surface area contributed by atoms with Crippen molar-refractivity contribution in [2.75, 3.05) is 18.9 Å². The molecule has 5 nitrogen and oxygen atoms in total. The number of hydrogen-bond donors (Lipinski definition) is 2. The number of nitrogen functional groups attached to an aromatic ring is 1. The van der Waals surface area contributed by atoms with Gasteiger partial charge in [0, 0.05) is 6.54 Å². The highest BCUT2D eigenvalue weighted by Crippen LogP contribution is 2.22. The standard InChI is InChI=1S/C11H13ClN2O3/c1-2-14-9(15)6-17-11(16)7-4-3-5-8(12)10(7)13/h3-5H,2,6,13H2,1H3,(H,14,15). The summed E-state index contributed by atoms with van der Waals surface area (Å²) < 4.78 is 4.79. The van der Waals surface area contributed by atoms with Gasteiger partial charge in [-0.1, -0.05) is 17.7 Å². The highest BCUT2D eigenvalue weighted by atomic mass is 35.5. The number of likely N-dealkylation sites (N-methyl/N-ethyl adjacent to an activating group) is 1. The van der Waals surface area contributed by atoms with Crippen LogP contribution in [0.5, 0.6) is 0 Å². The maximum Gasteiger partial charge on any atom is 0.340 e. The fourth-order valence-electron chi connectivity index (χ4n) is 1.17. The van der Waals surface area contributed by atoms with E-state index in [9.17, 15) is 9.59 Å². The average Bonchev–Trinajstić information content (AvgIpc) is 2.30. The number of benzene rings is 1. The van der Waals surface area contributed by atoms with E-state index in [-0.39, 0.29) is 28.8 Å². The molecule has 0 heterocycles. The maximum atomic E-state index is 11.6. The molecule has 1 aromatic carbocycles. The summed E-state index contributed by atoms with van der Waals surface area (Å²) in [6.07, 6.45) is 0. The van der Waals surface area contributed by atoms with Crippen LogP contribution in [0.25, 0.3) is 0 Å². The Morgan fingerprint density at radius 3 is 2.82 bits per heavy atom. The van der Waals surface area contributed by atoms with E-state index in [4.69, 9.17) is 22.1 Å². The minimum Gasteiger partial charge on any atom is -0.452 e. The van der Waals surface area contributed by atoms with Gasteiger partial charge in [0.05, 0.1) is 16.3 Å². The van der Waals surface area contributed by atoms with Gasteiger partial charge in [0.1, 0.15) is 0 Å². The van der Waals surface area contributed by atoms with Crippen LogP contribution in [0.2, 0.25) is 5.02 Å². The lowest BCUT2D eigenvalue weighted by molar-refractivity contribution is -0.124. The molecule has 1 aromatic rings. The van der Waals surface area contributed by atoms with Gasteiger partial charge in [0.15, 0.2) is 6.61 Å². The van der Waals surface area contributed by atoms with Gasteiger partial charge in [-0.25, -0.2) is 4.79 Å². The third-order valence-electron chi connectivity index (χ3n) is 1.98. The third-order valence-corrected chi connectivity index (χ3v) is 2.31. The molecule has 1 amide bonds. The van der Waals surface area contributed by atoms with Crippen molar-refractivity contribution >= 4 is 29.2 Å². The Hall–Kier alpha value is -1.75. The predicted octanol–water partition coefficient (Wildman–Crippen LogP) is 1.22. The summed E-state index contributed by atoms with van der Waals surface area (Å²) >= 11 is 5.76. The van der Waals surface area contributed by atoms with Crippen molar-refractivity contribution in [1.82, 2.24) is 5.32 Å². The van der Waals surface area contributed by atoms with Crippen LogP contribution in [0.4, 0.5) is 5.69 Å². The van der Waals surface area contributed by atoms with Crippen molar-refractivity contribution in [2.45, 2.75) is 6.92 Å². The van der Waals surface area contributed by atoms with E-state index in [1.54, 1.807) is 19.1 Å². The van der Waals surface area contributed by atoms with Crippen molar-refractivity contribution < 1.29 is 14.3 Å². The molecule has 0 atom stereocenters. The first-order valence-corrected chi connectivity index (χ1v) is 5.41. The Balaban J connectivity index is 2.64. The number of carbonyl (C=O) groups is 2. The van der Waals surface area contributed by atoms with E-state index in [0.717, 1.165) is 0 Å². The molecule has 17 heavy (non-hydrogen) atoms. The summed E-state index contributed by atoms with van der Waals surface area (Å²) in [5.74, 6) is -1.03. The van der Waals surface area contributed by atoms with Crippen LogP contribution in [-0.2, 0) is 9.53 Å². The molecule has 6 heteroatoms. The molecule has 0 saturated carbocycles. The number of nitrogens with two attached hydrogens (primary N) is 1. The second-order valence-corrected chi connectivity index (χ2v) is 3.64. The number of halogens is 1. The number of nitrogens with one attached hydrogen (secondary N) is 1. The molecule has 0 aliphatic heterocycles. The van der Waals surface area contributed by atoms with Gasteiger partial charge >= 0.3 is 5.97 Å². The van der Waals surface area contributed by atoms with Crippen LogP contribution in [0.3, 0.4) is 0 Å². The Bertz CT molecular complexity index is 435. The number of carbonyl (C=O) groups excluding carboxylic acids is 2. The Kier molecular flexibility index (Phi) is 4.78. The van der Waals surface area contributed by atoms with Crippen LogP contribution < -0.4 is 11.1 Å². The molecule has 1 rings (SSSR count). The van der Waals surface area contributed by atoms with Gasteiger partial charge in [-0.3, -0.25) is 4.79 Å². The lowest BCUT2D eigenvalue weighted by Gasteiger charge is -2.07. The average molecular weight is 257 g/mol. The number of rotatable bonds is 4. The van der Waals surface area contributed by atoms with Crippen LogP contribution in [0, 0.1) is 0 Å². The first-order valence-electron chi connectivity index (χ1n) is 5.04. The van der Waals surface area contributed by atoms with Crippen molar-refractivity contribution in [3.63, 3.8) is 0 Å². The molecular weight excluding hydrogens is 244 g/mol. The molecule has 92 valence electrons. The van der Waals surface area contributed by atoms with Gasteiger partial charge in [-0.15, -0.1) is 0 Å². The molecule has 0 radical (unpaired) electrons. The summed E-state index contributed by atoms with van der Waals surface area (Å²) in [6.45, 7) is 1.92. The maximum absolute atomic E-state index is 11.6. The van der Waals surface area contributed by atoms with Crippen LogP contribution in [-0.4, -0.2) is 25.0 Å². The van der Waals surface area contributed by atoms with Gasteiger partial charge in [-0.05, 0) is 19.1 Å². The number of ether oxygens (including phenoxy) is 1. The van der Waals surface area contributed by atoms with E-state index < -0.39 is 5.97 Å². The first-order chi connectivity index (χ1) is 8.06. The number of hydrogen-bond acceptors (Lipinski definition) is 4. The monoisotopic (exact) mass is 256 g/mol. The summed E-state index contributed by atoms with van der Waals surface area (Å²) in [4.78, 5) is 22.7. The summed E-state index contributed by atoms with van der Waals surface area (Å²) in [6, 6.07) is 4.64.